The van der Waals surface area contributed by atoms with Crippen molar-refractivity contribution in [2.75, 3.05) is 19.3 Å². The summed E-state index contributed by atoms with van der Waals surface area (Å²) in [6, 6.07) is 0.926. The van der Waals surface area contributed by atoms with Gasteiger partial charge in [0, 0.05) is 6.04 Å². The molecule has 0 radical (unpaired) electrons. The largest absolute Gasteiger partial charge is 0.300 e. The van der Waals surface area contributed by atoms with Crippen LogP contribution >= 0.6 is 0 Å². The average molecular weight is 308 g/mol. The Morgan fingerprint density at radius 3 is 2.25 bits per heavy atom. The zero-order chi connectivity index (χ0) is 15.4. The summed E-state index contributed by atoms with van der Waals surface area (Å²) in [5, 5.41) is 0. The van der Waals surface area contributed by atoms with E-state index in [1.54, 1.807) is 0 Å². The van der Waals surface area contributed by atoms with Crippen molar-refractivity contribution in [1.29, 1.82) is 0 Å². The van der Waals surface area contributed by atoms with Gasteiger partial charge in [0.15, 0.2) is 0 Å². The highest BCUT2D eigenvalue weighted by Gasteiger charge is 2.20. The van der Waals surface area contributed by atoms with Gasteiger partial charge in [-0.05, 0) is 38.8 Å². The summed E-state index contributed by atoms with van der Waals surface area (Å²) in [5.41, 5.74) is 0. The Kier molecular flexibility index (Phi) is 11.4. The van der Waals surface area contributed by atoms with Crippen molar-refractivity contribution in [3.8, 4) is 0 Å². The van der Waals surface area contributed by atoms with Crippen LogP contribution in [0.5, 0.6) is 0 Å². The van der Waals surface area contributed by atoms with Crippen molar-refractivity contribution >= 4 is 10.1 Å². The molecule has 1 atom stereocenters. The molecule has 0 bridgehead atoms. The molecule has 1 N–H and O–H groups in total. The number of unbranched alkanes of at least 4 members (excludes halogenated alkanes) is 3. The Morgan fingerprint density at radius 2 is 1.70 bits per heavy atom. The first-order valence-electron chi connectivity index (χ1n) is 8.05. The van der Waals surface area contributed by atoms with E-state index in [-0.39, 0.29) is 0 Å². The molecule has 1 aliphatic rings. The predicted octanol–water partition coefficient (Wildman–Crippen LogP) is 3.73. The van der Waals surface area contributed by atoms with Crippen LogP contribution < -0.4 is 0 Å². The number of rotatable bonds is 7. The van der Waals surface area contributed by atoms with Crippen molar-refractivity contribution < 1.29 is 13.0 Å². The van der Waals surface area contributed by atoms with Gasteiger partial charge in [-0.2, -0.15) is 8.42 Å². The van der Waals surface area contributed by atoms with Crippen LogP contribution in [0, 0.1) is 0 Å². The molecule has 4 nitrogen and oxygen atoms in total. The number of nitrogens with zero attached hydrogens (tertiary/aromatic N) is 1. The molecule has 1 unspecified atom stereocenters. The summed E-state index contributed by atoms with van der Waals surface area (Å²) in [5.74, 6) is 0. The van der Waals surface area contributed by atoms with Crippen molar-refractivity contribution in [1.82, 2.24) is 4.90 Å². The smallest absolute Gasteiger partial charge is 0.261 e. The van der Waals surface area contributed by atoms with Crippen molar-refractivity contribution in [3.05, 3.63) is 0 Å². The minimum atomic E-state index is -3.67. The molecule has 0 aromatic rings. The molecule has 122 valence electrons. The molecule has 1 rings (SSSR count). The Labute approximate surface area is 125 Å². The molecule has 0 saturated carbocycles. The van der Waals surface area contributed by atoms with Crippen LogP contribution in [0.1, 0.15) is 71.6 Å². The van der Waals surface area contributed by atoms with Crippen molar-refractivity contribution in [2.24, 2.45) is 0 Å². The van der Waals surface area contributed by atoms with Gasteiger partial charge in [-0.1, -0.05) is 46.0 Å². The maximum atomic E-state index is 9.19. The van der Waals surface area contributed by atoms with Gasteiger partial charge >= 0.3 is 0 Å². The third-order valence-corrected chi connectivity index (χ3v) is 3.69. The SMILES string of the molecule is CCCCCN1CCCCC1CCCC.CS(=O)(=O)O. The molecule has 1 heterocycles. The highest BCUT2D eigenvalue weighted by Crippen LogP contribution is 2.21. The Balaban J connectivity index is 0.000000621. The Bertz CT molecular complexity index is 309. The van der Waals surface area contributed by atoms with Crippen LogP contribution in [0.4, 0.5) is 0 Å². The van der Waals surface area contributed by atoms with Gasteiger partial charge in [-0.25, -0.2) is 0 Å². The standard InChI is InChI=1S/C14H29N.CH4O3S/c1-3-5-8-12-15-13-9-7-11-14(15)10-6-4-2;1-5(2,3)4/h14H,3-13H2,1-2H3;1H3,(H,2,3,4). The highest BCUT2D eigenvalue weighted by atomic mass is 32.2. The first kappa shape index (κ1) is 19.9. The van der Waals surface area contributed by atoms with Crippen molar-refractivity contribution in [2.45, 2.75) is 77.7 Å². The summed E-state index contributed by atoms with van der Waals surface area (Å²) >= 11 is 0. The molecule has 20 heavy (non-hydrogen) atoms. The van der Waals surface area contributed by atoms with E-state index in [0.717, 1.165) is 6.04 Å². The second-order valence-electron chi connectivity index (χ2n) is 5.77. The van der Waals surface area contributed by atoms with Gasteiger partial charge in [-0.3, -0.25) is 4.55 Å². The first-order valence-corrected chi connectivity index (χ1v) is 9.89. The topological polar surface area (TPSA) is 57.6 Å². The van der Waals surface area contributed by atoms with Crippen LogP contribution in [0.3, 0.4) is 0 Å². The zero-order valence-electron chi connectivity index (χ0n) is 13.5. The van der Waals surface area contributed by atoms with Crippen LogP contribution in [-0.4, -0.2) is 43.3 Å². The summed E-state index contributed by atoms with van der Waals surface area (Å²) < 4.78 is 25.9. The number of likely N-dealkylation sites (tertiary alicyclic amines) is 1. The van der Waals surface area contributed by atoms with E-state index in [1.807, 2.05) is 0 Å². The van der Waals surface area contributed by atoms with Crippen LogP contribution in [0.15, 0.2) is 0 Å². The number of hydrogen-bond donors (Lipinski definition) is 1. The molecule has 0 aromatic carbocycles. The lowest BCUT2D eigenvalue weighted by molar-refractivity contribution is 0.135. The predicted molar refractivity (Wildman–Crippen MR) is 85.7 cm³/mol. The van der Waals surface area contributed by atoms with Gasteiger partial charge in [0.25, 0.3) is 10.1 Å². The molecule has 0 amide bonds. The molecular weight excluding hydrogens is 274 g/mol. The van der Waals surface area contributed by atoms with Crippen LogP contribution in [-0.2, 0) is 10.1 Å². The van der Waals surface area contributed by atoms with E-state index in [2.05, 4.69) is 18.7 Å². The van der Waals surface area contributed by atoms with Gasteiger partial charge in [0.05, 0.1) is 6.26 Å². The van der Waals surface area contributed by atoms with Gasteiger partial charge in [0.2, 0.25) is 0 Å². The molecule has 5 heteroatoms. The van der Waals surface area contributed by atoms with E-state index in [0.29, 0.717) is 6.26 Å². The van der Waals surface area contributed by atoms with Gasteiger partial charge in [0.1, 0.15) is 0 Å². The second kappa shape index (κ2) is 11.5. The summed E-state index contributed by atoms with van der Waals surface area (Å²) in [6.45, 7) is 7.34. The molecule has 0 spiro atoms. The van der Waals surface area contributed by atoms with E-state index in [9.17, 15) is 8.42 Å². The number of hydrogen-bond acceptors (Lipinski definition) is 3. The lowest BCUT2D eigenvalue weighted by Crippen LogP contribution is -2.40. The maximum absolute atomic E-state index is 9.19. The molecule has 1 fully saturated rings. The zero-order valence-corrected chi connectivity index (χ0v) is 14.3. The van der Waals surface area contributed by atoms with Gasteiger partial charge < -0.3 is 4.90 Å². The van der Waals surface area contributed by atoms with Crippen LogP contribution in [0.25, 0.3) is 0 Å². The van der Waals surface area contributed by atoms with E-state index in [1.165, 1.54) is 70.9 Å². The summed E-state index contributed by atoms with van der Waals surface area (Å²) in [6.07, 6.45) is 13.5. The Morgan fingerprint density at radius 1 is 1.10 bits per heavy atom. The molecule has 1 aliphatic heterocycles. The lowest BCUT2D eigenvalue weighted by Gasteiger charge is -2.35. The first-order chi connectivity index (χ1) is 9.38. The fourth-order valence-corrected chi connectivity index (χ4v) is 2.69. The third-order valence-electron chi connectivity index (χ3n) is 3.69. The fourth-order valence-electron chi connectivity index (χ4n) is 2.69. The van der Waals surface area contributed by atoms with E-state index < -0.39 is 10.1 Å². The fraction of sp³-hybridized carbons (Fsp3) is 1.00. The highest BCUT2D eigenvalue weighted by molar-refractivity contribution is 7.85. The quantitative estimate of drug-likeness (QED) is 0.575. The van der Waals surface area contributed by atoms with Crippen molar-refractivity contribution in [3.63, 3.8) is 0 Å². The molecular formula is C15H33NO3S. The minimum absolute atomic E-state index is 0.715. The minimum Gasteiger partial charge on any atom is -0.300 e. The molecule has 1 saturated heterocycles. The Hall–Kier alpha value is -0.130. The summed E-state index contributed by atoms with van der Waals surface area (Å²) in [7, 11) is -3.67. The van der Waals surface area contributed by atoms with Gasteiger partial charge in [-0.15, -0.1) is 0 Å². The average Bonchev–Trinajstić information content (AvgIpc) is 2.36. The van der Waals surface area contributed by atoms with E-state index >= 15 is 0 Å². The van der Waals surface area contributed by atoms with E-state index in [4.69, 9.17) is 4.55 Å². The molecule has 0 aliphatic carbocycles. The second-order valence-corrected chi connectivity index (χ2v) is 7.23. The monoisotopic (exact) mass is 307 g/mol. The maximum Gasteiger partial charge on any atom is 0.261 e. The normalized spacial score (nSPS) is 20.3. The summed E-state index contributed by atoms with van der Waals surface area (Å²) in [4.78, 5) is 2.77. The molecule has 0 aromatic heterocycles. The third kappa shape index (κ3) is 12.9. The van der Waals surface area contributed by atoms with Crippen LogP contribution in [0.2, 0.25) is 0 Å². The number of piperidine rings is 1. The lowest BCUT2D eigenvalue weighted by atomic mass is 9.97.